The van der Waals surface area contributed by atoms with E-state index in [4.69, 9.17) is 16.9 Å². The first-order chi connectivity index (χ1) is 15.1. The number of halogens is 4. The number of rotatable bonds is 7. The van der Waals surface area contributed by atoms with Crippen LogP contribution < -0.4 is 16.0 Å². The summed E-state index contributed by atoms with van der Waals surface area (Å²) in [5.74, 6) is -0.869. The van der Waals surface area contributed by atoms with Gasteiger partial charge in [0, 0.05) is 5.02 Å². The summed E-state index contributed by atoms with van der Waals surface area (Å²) < 4.78 is 39.7. The molecule has 168 valence electrons. The van der Waals surface area contributed by atoms with Crippen LogP contribution in [0.2, 0.25) is 5.02 Å². The Bertz CT molecular complexity index is 1050. The number of alkyl halides is 3. The number of anilines is 2. The maximum Gasteiger partial charge on any atom is 0.418 e. The monoisotopic (exact) mass is 465 g/mol. The van der Waals surface area contributed by atoms with E-state index in [0.29, 0.717) is 24.2 Å². The summed E-state index contributed by atoms with van der Waals surface area (Å²) >= 11 is 5.69. The summed E-state index contributed by atoms with van der Waals surface area (Å²) in [6, 6.07) is 8.27. The molecule has 1 saturated carbocycles. The molecule has 1 aromatic carbocycles. The minimum Gasteiger partial charge on any atom is -0.354 e. The van der Waals surface area contributed by atoms with Gasteiger partial charge in [-0.3, -0.25) is 14.6 Å². The average Bonchev–Trinajstić information content (AvgIpc) is 2.70. The number of nitrogens with zero attached hydrogens (tertiary/aromatic N) is 2. The Balaban J connectivity index is 1.62. The smallest absolute Gasteiger partial charge is 0.354 e. The summed E-state index contributed by atoms with van der Waals surface area (Å²) in [5.41, 5.74) is -1.27. The zero-order valence-corrected chi connectivity index (χ0v) is 17.5. The first-order valence-corrected chi connectivity index (χ1v) is 10.1. The molecule has 0 saturated heterocycles. The molecule has 1 fully saturated rings. The summed E-state index contributed by atoms with van der Waals surface area (Å²) in [6.07, 6.45) is -1.81. The lowest BCUT2D eigenvalue weighted by Gasteiger charge is -2.40. The number of nitrogens with one attached hydrogen (secondary N) is 3. The molecule has 0 spiro atoms. The zero-order valence-electron chi connectivity index (χ0n) is 16.7. The summed E-state index contributed by atoms with van der Waals surface area (Å²) in [6.45, 7) is 0.0731. The standard InChI is InChI=1S/C21H19ClF3N5O2/c22-13-2-5-17(16(10-13)21(23,24)25)29-15-4-3-14(27-12-15)11-28-19(32)20(7-1-8-20)30-18(31)6-9-26/h2-5,10,12,29H,1,6-8,11H2,(H,28,32)(H,30,31). The minimum atomic E-state index is -4.58. The highest BCUT2D eigenvalue weighted by atomic mass is 35.5. The van der Waals surface area contributed by atoms with Crippen LogP contribution in [-0.4, -0.2) is 22.3 Å². The fraction of sp³-hybridized carbons (Fsp3) is 0.333. The van der Waals surface area contributed by atoms with Gasteiger partial charge in [0.15, 0.2) is 0 Å². The molecule has 3 rings (SSSR count). The molecule has 32 heavy (non-hydrogen) atoms. The molecule has 2 aromatic rings. The molecule has 11 heteroatoms. The van der Waals surface area contributed by atoms with Crippen molar-refractivity contribution in [2.24, 2.45) is 0 Å². The number of carbonyl (C=O) groups is 2. The number of benzene rings is 1. The second-order valence-corrected chi connectivity index (χ2v) is 7.79. The van der Waals surface area contributed by atoms with Gasteiger partial charge < -0.3 is 16.0 Å². The summed E-state index contributed by atoms with van der Waals surface area (Å²) in [7, 11) is 0. The van der Waals surface area contributed by atoms with E-state index in [1.165, 1.54) is 24.4 Å². The second kappa shape index (κ2) is 9.44. The molecular weight excluding hydrogens is 447 g/mol. The van der Waals surface area contributed by atoms with Crippen molar-refractivity contribution >= 4 is 34.8 Å². The molecule has 0 bridgehead atoms. The molecule has 2 amide bonds. The van der Waals surface area contributed by atoms with Crippen LogP contribution in [0, 0.1) is 11.3 Å². The van der Waals surface area contributed by atoms with E-state index < -0.39 is 23.2 Å². The SMILES string of the molecule is N#CCC(=O)NC1(C(=O)NCc2ccc(Nc3ccc(Cl)cc3C(F)(F)F)cn2)CCC1. The van der Waals surface area contributed by atoms with Crippen LogP contribution >= 0.6 is 11.6 Å². The lowest BCUT2D eigenvalue weighted by atomic mass is 9.75. The van der Waals surface area contributed by atoms with E-state index in [9.17, 15) is 22.8 Å². The number of hydrogen-bond acceptors (Lipinski definition) is 5. The molecular formula is C21H19ClF3N5O2. The van der Waals surface area contributed by atoms with Gasteiger partial charge in [0.1, 0.15) is 12.0 Å². The normalized spacial score (nSPS) is 14.6. The van der Waals surface area contributed by atoms with Crippen LogP contribution in [0.15, 0.2) is 36.5 Å². The van der Waals surface area contributed by atoms with Gasteiger partial charge in [0.05, 0.1) is 41.4 Å². The number of amides is 2. The molecule has 3 N–H and O–H groups in total. The van der Waals surface area contributed by atoms with Crippen molar-refractivity contribution in [2.75, 3.05) is 5.32 Å². The van der Waals surface area contributed by atoms with Crippen LogP contribution in [0.3, 0.4) is 0 Å². The molecule has 1 aliphatic rings. The van der Waals surface area contributed by atoms with E-state index in [0.717, 1.165) is 12.5 Å². The zero-order chi connectivity index (χ0) is 23.4. The van der Waals surface area contributed by atoms with Crippen LogP contribution in [0.5, 0.6) is 0 Å². The van der Waals surface area contributed by atoms with E-state index in [1.807, 2.05) is 0 Å². The van der Waals surface area contributed by atoms with Gasteiger partial charge in [-0.15, -0.1) is 0 Å². The van der Waals surface area contributed by atoms with Gasteiger partial charge in [-0.25, -0.2) is 0 Å². The molecule has 0 unspecified atom stereocenters. The van der Waals surface area contributed by atoms with Crippen molar-refractivity contribution in [3.8, 4) is 6.07 Å². The Kier molecular flexibility index (Phi) is 6.89. The van der Waals surface area contributed by atoms with Crippen LogP contribution in [0.1, 0.15) is 36.9 Å². The average molecular weight is 466 g/mol. The van der Waals surface area contributed by atoms with Crippen LogP contribution in [0.25, 0.3) is 0 Å². The molecule has 1 heterocycles. The predicted molar refractivity (Wildman–Crippen MR) is 111 cm³/mol. The van der Waals surface area contributed by atoms with E-state index in [1.54, 1.807) is 12.1 Å². The van der Waals surface area contributed by atoms with Gasteiger partial charge in [-0.1, -0.05) is 11.6 Å². The quantitative estimate of drug-likeness (QED) is 0.571. The van der Waals surface area contributed by atoms with Crippen molar-refractivity contribution in [3.05, 3.63) is 52.8 Å². The lowest BCUT2D eigenvalue weighted by Crippen LogP contribution is -2.62. The Labute approximate surface area is 187 Å². The Morgan fingerprint density at radius 2 is 1.97 bits per heavy atom. The third kappa shape index (κ3) is 5.48. The van der Waals surface area contributed by atoms with E-state index in [-0.39, 0.29) is 29.6 Å². The van der Waals surface area contributed by atoms with Crippen LogP contribution in [-0.2, 0) is 22.3 Å². The fourth-order valence-corrected chi connectivity index (χ4v) is 3.45. The van der Waals surface area contributed by atoms with Gasteiger partial charge >= 0.3 is 6.18 Å². The molecule has 1 aliphatic carbocycles. The largest absolute Gasteiger partial charge is 0.418 e. The van der Waals surface area contributed by atoms with Gasteiger partial charge in [-0.05, 0) is 49.6 Å². The number of carbonyl (C=O) groups excluding carboxylic acids is 2. The topological polar surface area (TPSA) is 107 Å². The van der Waals surface area contributed by atoms with E-state index in [2.05, 4.69) is 20.9 Å². The Morgan fingerprint density at radius 3 is 2.53 bits per heavy atom. The number of hydrogen-bond donors (Lipinski definition) is 3. The minimum absolute atomic E-state index is 0.0277. The Morgan fingerprint density at radius 1 is 1.22 bits per heavy atom. The van der Waals surface area contributed by atoms with Crippen molar-refractivity contribution < 1.29 is 22.8 Å². The summed E-state index contributed by atoms with van der Waals surface area (Å²) in [5, 5.41) is 16.6. The highest BCUT2D eigenvalue weighted by Gasteiger charge is 2.45. The van der Waals surface area contributed by atoms with Crippen molar-refractivity contribution in [2.45, 2.75) is 43.9 Å². The van der Waals surface area contributed by atoms with Crippen LogP contribution in [0.4, 0.5) is 24.5 Å². The summed E-state index contributed by atoms with van der Waals surface area (Å²) in [4.78, 5) is 28.4. The molecule has 0 radical (unpaired) electrons. The molecule has 0 atom stereocenters. The van der Waals surface area contributed by atoms with Gasteiger partial charge in [0.2, 0.25) is 11.8 Å². The van der Waals surface area contributed by atoms with Crippen molar-refractivity contribution in [1.29, 1.82) is 5.26 Å². The lowest BCUT2D eigenvalue weighted by molar-refractivity contribution is -0.137. The maximum atomic E-state index is 13.2. The molecule has 1 aromatic heterocycles. The maximum absolute atomic E-state index is 13.2. The third-order valence-corrected chi connectivity index (χ3v) is 5.32. The predicted octanol–water partition coefficient (Wildman–Crippen LogP) is 4.07. The van der Waals surface area contributed by atoms with Crippen molar-refractivity contribution in [1.82, 2.24) is 15.6 Å². The first kappa shape index (κ1) is 23.3. The van der Waals surface area contributed by atoms with Gasteiger partial charge in [-0.2, -0.15) is 18.4 Å². The van der Waals surface area contributed by atoms with Crippen molar-refractivity contribution in [3.63, 3.8) is 0 Å². The first-order valence-electron chi connectivity index (χ1n) is 9.68. The highest BCUT2D eigenvalue weighted by Crippen LogP contribution is 2.37. The van der Waals surface area contributed by atoms with Gasteiger partial charge in [0.25, 0.3) is 0 Å². The number of pyridine rings is 1. The number of nitriles is 1. The number of aromatic nitrogens is 1. The Hall–Kier alpha value is -3.32. The molecule has 7 nitrogen and oxygen atoms in total. The highest BCUT2D eigenvalue weighted by molar-refractivity contribution is 6.30. The molecule has 0 aliphatic heterocycles. The third-order valence-electron chi connectivity index (χ3n) is 5.08. The second-order valence-electron chi connectivity index (χ2n) is 7.35. The van der Waals surface area contributed by atoms with E-state index >= 15 is 0 Å². The fourth-order valence-electron chi connectivity index (χ4n) is 3.28.